The third kappa shape index (κ3) is 3.60. The second-order valence-electron chi connectivity index (χ2n) is 5.70. The van der Waals surface area contributed by atoms with Gasteiger partial charge >= 0.3 is 0 Å². The molecule has 2 rings (SSSR count). The summed E-state index contributed by atoms with van der Waals surface area (Å²) < 4.78 is 2.16. The SMILES string of the molecule is CC(C)Cn1ccnc1Nc1cccc(C(C)C)c1. The number of hydrogen-bond acceptors (Lipinski definition) is 2. The van der Waals surface area contributed by atoms with E-state index in [2.05, 4.69) is 66.8 Å². The van der Waals surface area contributed by atoms with Crippen molar-refractivity contribution in [2.24, 2.45) is 5.92 Å². The highest BCUT2D eigenvalue weighted by Crippen LogP contribution is 2.21. The quantitative estimate of drug-likeness (QED) is 0.860. The fraction of sp³-hybridized carbons (Fsp3) is 0.438. The van der Waals surface area contributed by atoms with Crippen LogP contribution in [0.25, 0.3) is 0 Å². The Labute approximate surface area is 115 Å². The number of hydrogen-bond donors (Lipinski definition) is 1. The van der Waals surface area contributed by atoms with Gasteiger partial charge in [-0.2, -0.15) is 0 Å². The molecule has 0 aliphatic carbocycles. The van der Waals surface area contributed by atoms with Gasteiger partial charge in [-0.05, 0) is 29.5 Å². The van der Waals surface area contributed by atoms with Crippen molar-refractivity contribution in [2.75, 3.05) is 5.32 Å². The Morgan fingerprint density at radius 3 is 2.68 bits per heavy atom. The minimum atomic E-state index is 0.539. The highest BCUT2D eigenvalue weighted by Gasteiger charge is 2.06. The maximum Gasteiger partial charge on any atom is 0.207 e. The first kappa shape index (κ1) is 13.7. The zero-order valence-electron chi connectivity index (χ0n) is 12.2. The average Bonchev–Trinajstić information content (AvgIpc) is 2.76. The summed E-state index contributed by atoms with van der Waals surface area (Å²) in [6.07, 6.45) is 3.87. The summed E-state index contributed by atoms with van der Waals surface area (Å²) in [6.45, 7) is 9.82. The maximum atomic E-state index is 4.39. The van der Waals surface area contributed by atoms with Crippen molar-refractivity contribution in [1.29, 1.82) is 0 Å². The number of nitrogens with zero attached hydrogens (tertiary/aromatic N) is 2. The Hall–Kier alpha value is -1.77. The normalized spacial score (nSPS) is 11.3. The Bertz CT molecular complexity index is 526. The van der Waals surface area contributed by atoms with E-state index in [0.717, 1.165) is 18.2 Å². The molecule has 0 spiro atoms. The number of imidazole rings is 1. The molecular formula is C16H23N3. The lowest BCUT2D eigenvalue weighted by atomic mass is 10.0. The highest BCUT2D eigenvalue weighted by molar-refractivity contribution is 5.55. The summed E-state index contributed by atoms with van der Waals surface area (Å²) in [7, 11) is 0. The summed E-state index contributed by atoms with van der Waals surface area (Å²) in [4.78, 5) is 4.39. The molecule has 0 saturated heterocycles. The van der Waals surface area contributed by atoms with E-state index in [1.54, 1.807) is 0 Å². The molecule has 0 aliphatic heterocycles. The Balaban J connectivity index is 2.17. The van der Waals surface area contributed by atoms with Crippen LogP contribution in [-0.4, -0.2) is 9.55 Å². The molecule has 3 heteroatoms. The molecule has 0 amide bonds. The van der Waals surface area contributed by atoms with Crippen LogP contribution in [0.15, 0.2) is 36.7 Å². The van der Waals surface area contributed by atoms with Crippen LogP contribution in [0.2, 0.25) is 0 Å². The summed E-state index contributed by atoms with van der Waals surface area (Å²) in [5, 5.41) is 3.40. The van der Waals surface area contributed by atoms with Crippen LogP contribution in [-0.2, 0) is 6.54 Å². The first-order valence-corrected chi connectivity index (χ1v) is 6.94. The zero-order chi connectivity index (χ0) is 13.8. The Kier molecular flexibility index (Phi) is 4.25. The van der Waals surface area contributed by atoms with Gasteiger partial charge in [0.2, 0.25) is 5.95 Å². The van der Waals surface area contributed by atoms with Gasteiger partial charge in [-0.25, -0.2) is 4.98 Å². The van der Waals surface area contributed by atoms with Gasteiger partial charge in [-0.3, -0.25) is 0 Å². The zero-order valence-corrected chi connectivity index (χ0v) is 12.2. The highest BCUT2D eigenvalue weighted by atomic mass is 15.2. The van der Waals surface area contributed by atoms with E-state index in [1.807, 2.05) is 12.4 Å². The van der Waals surface area contributed by atoms with Crippen LogP contribution in [0.1, 0.15) is 39.2 Å². The van der Waals surface area contributed by atoms with Gasteiger partial charge in [-0.15, -0.1) is 0 Å². The largest absolute Gasteiger partial charge is 0.326 e. The molecule has 102 valence electrons. The van der Waals surface area contributed by atoms with Crippen molar-refractivity contribution in [3.05, 3.63) is 42.2 Å². The Morgan fingerprint density at radius 1 is 1.21 bits per heavy atom. The lowest BCUT2D eigenvalue weighted by Crippen LogP contribution is -2.07. The van der Waals surface area contributed by atoms with Crippen molar-refractivity contribution in [2.45, 2.75) is 40.2 Å². The molecule has 0 bridgehead atoms. The van der Waals surface area contributed by atoms with Gasteiger partial charge < -0.3 is 9.88 Å². The summed E-state index contributed by atoms with van der Waals surface area (Å²) >= 11 is 0. The van der Waals surface area contributed by atoms with Gasteiger partial charge in [0, 0.05) is 24.6 Å². The predicted molar refractivity (Wildman–Crippen MR) is 80.9 cm³/mol. The van der Waals surface area contributed by atoms with Crippen molar-refractivity contribution >= 4 is 11.6 Å². The molecule has 0 aliphatic rings. The molecule has 1 heterocycles. The first-order valence-electron chi connectivity index (χ1n) is 6.94. The van der Waals surface area contributed by atoms with Gasteiger partial charge in [-0.1, -0.05) is 39.8 Å². The van der Waals surface area contributed by atoms with E-state index in [1.165, 1.54) is 5.56 Å². The van der Waals surface area contributed by atoms with Gasteiger partial charge in [0.05, 0.1) is 0 Å². The van der Waals surface area contributed by atoms with Crippen LogP contribution < -0.4 is 5.32 Å². The van der Waals surface area contributed by atoms with Crippen LogP contribution in [0, 0.1) is 5.92 Å². The fourth-order valence-corrected chi connectivity index (χ4v) is 2.08. The number of anilines is 2. The van der Waals surface area contributed by atoms with E-state index < -0.39 is 0 Å². The molecule has 0 atom stereocenters. The molecule has 1 aromatic carbocycles. The van der Waals surface area contributed by atoms with Gasteiger partial charge in [0.1, 0.15) is 0 Å². The molecule has 0 saturated carbocycles. The first-order chi connectivity index (χ1) is 9.06. The average molecular weight is 257 g/mol. The number of nitrogens with one attached hydrogen (secondary N) is 1. The van der Waals surface area contributed by atoms with E-state index in [0.29, 0.717) is 11.8 Å². The Morgan fingerprint density at radius 2 is 2.00 bits per heavy atom. The maximum absolute atomic E-state index is 4.39. The van der Waals surface area contributed by atoms with Gasteiger partial charge in [0.15, 0.2) is 0 Å². The molecule has 2 aromatic rings. The lowest BCUT2D eigenvalue weighted by Gasteiger charge is -2.13. The summed E-state index contributed by atoms with van der Waals surface area (Å²) in [6, 6.07) is 8.53. The summed E-state index contributed by atoms with van der Waals surface area (Å²) in [5.74, 6) is 2.06. The molecule has 1 aromatic heterocycles. The molecule has 0 unspecified atom stereocenters. The van der Waals surface area contributed by atoms with Crippen LogP contribution in [0.4, 0.5) is 11.6 Å². The van der Waals surface area contributed by atoms with Crippen molar-refractivity contribution in [3.63, 3.8) is 0 Å². The minimum absolute atomic E-state index is 0.539. The topological polar surface area (TPSA) is 29.9 Å². The molecule has 0 radical (unpaired) electrons. The van der Waals surface area contributed by atoms with Crippen LogP contribution in [0.5, 0.6) is 0 Å². The summed E-state index contributed by atoms with van der Waals surface area (Å²) in [5.41, 5.74) is 2.44. The number of aromatic nitrogens is 2. The third-order valence-electron chi connectivity index (χ3n) is 3.09. The molecule has 19 heavy (non-hydrogen) atoms. The van der Waals surface area contributed by atoms with Crippen LogP contribution >= 0.6 is 0 Å². The standard InChI is InChI=1S/C16H23N3/c1-12(2)11-19-9-8-17-16(19)18-15-7-5-6-14(10-15)13(3)4/h5-10,12-13H,11H2,1-4H3,(H,17,18). The van der Waals surface area contributed by atoms with E-state index in [9.17, 15) is 0 Å². The van der Waals surface area contributed by atoms with Crippen molar-refractivity contribution in [3.8, 4) is 0 Å². The monoisotopic (exact) mass is 257 g/mol. The van der Waals surface area contributed by atoms with Crippen molar-refractivity contribution < 1.29 is 0 Å². The molecule has 0 fully saturated rings. The molecular weight excluding hydrogens is 234 g/mol. The molecule has 3 nitrogen and oxygen atoms in total. The fourth-order valence-electron chi connectivity index (χ4n) is 2.08. The lowest BCUT2D eigenvalue weighted by molar-refractivity contribution is 0.527. The molecule has 1 N–H and O–H groups in total. The van der Waals surface area contributed by atoms with Gasteiger partial charge in [0.25, 0.3) is 0 Å². The van der Waals surface area contributed by atoms with Crippen LogP contribution in [0.3, 0.4) is 0 Å². The van der Waals surface area contributed by atoms with E-state index in [4.69, 9.17) is 0 Å². The predicted octanol–water partition coefficient (Wildman–Crippen LogP) is 4.41. The van der Waals surface area contributed by atoms with E-state index >= 15 is 0 Å². The third-order valence-corrected chi connectivity index (χ3v) is 3.09. The number of rotatable bonds is 5. The smallest absolute Gasteiger partial charge is 0.207 e. The van der Waals surface area contributed by atoms with E-state index in [-0.39, 0.29) is 0 Å². The van der Waals surface area contributed by atoms with Crippen molar-refractivity contribution in [1.82, 2.24) is 9.55 Å². The second-order valence-corrected chi connectivity index (χ2v) is 5.70. The second kappa shape index (κ2) is 5.91. The minimum Gasteiger partial charge on any atom is -0.326 e. The number of benzene rings is 1.